The molecule has 0 fully saturated rings. The molecule has 0 saturated carbocycles. The summed E-state index contributed by atoms with van der Waals surface area (Å²) in [6.45, 7) is 0.967. The molecule has 2 aromatic carbocycles. The highest BCUT2D eigenvalue weighted by molar-refractivity contribution is 5.96. The van der Waals surface area contributed by atoms with Gasteiger partial charge in [-0.2, -0.15) is 5.10 Å². The normalized spacial score (nSPS) is 10.5. The number of ether oxygens (including phenoxy) is 1. The fourth-order valence-electron chi connectivity index (χ4n) is 2.40. The van der Waals surface area contributed by atoms with Gasteiger partial charge >= 0.3 is 0 Å². The molecule has 0 bridgehead atoms. The fourth-order valence-corrected chi connectivity index (χ4v) is 2.40. The van der Waals surface area contributed by atoms with E-state index in [0.29, 0.717) is 18.8 Å². The summed E-state index contributed by atoms with van der Waals surface area (Å²) in [7, 11) is 1.44. The molecule has 3 aromatic rings. The van der Waals surface area contributed by atoms with Gasteiger partial charge in [0.25, 0.3) is 5.91 Å². The van der Waals surface area contributed by atoms with E-state index in [2.05, 4.69) is 15.4 Å². The Hall–Kier alpha value is -3.22. The van der Waals surface area contributed by atoms with E-state index in [1.807, 2.05) is 24.3 Å². The molecule has 3 rings (SSSR count). The number of hydrogen-bond donors (Lipinski definition) is 1. The van der Waals surface area contributed by atoms with Crippen LogP contribution in [0.5, 0.6) is 5.75 Å². The number of hydrogen-bond acceptors (Lipinski definition) is 4. The number of carbonyl (C=O) groups excluding carboxylic acids is 1. The molecule has 0 saturated heterocycles. The van der Waals surface area contributed by atoms with Gasteiger partial charge in [-0.3, -0.25) is 4.79 Å². The molecule has 0 radical (unpaired) electrons. The van der Waals surface area contributed by atoms with Crippen LogP contribution in [0.4, 0.5) is 4.39 Å². The van der Waals surface area contributed by atoms with Crippen molar-refractivity contribution in [1.82, 2.24) is 20.1 Å². The van der Waals surface area contributed by atoms with Crippen LogP contribution in [-0.2, 0) is 13.1 Å². The van der Waals surface area contributed by atoms with Crippen LogP contribution < -0.4 is 10.1 Å². The van der Waals surface area contributed by atoms with Gasteiger partial charge in [0.2, 0.25) is 0 Å². The molecular weight excluding hydrogens is 323 g/mol. The lowest BCUT2D eigenvalue weighted by Gasteiger charge is -2.10. The third kappa shape index (κ3) is 4.20. The molecule has 0 unspecified atom stereocenters. The molecule has 0 aliphatic carbocycles. The molecule has 6 nitrogen and oxygen atoms in total. The molecule has 0 spiro atoms. The molecule has 0 aliphatic heterocycles. The summed E-state index contributed by atoms with van der Waals surface area (Å²) < 4.78 is 20.2. The number of rotatable bonds is 6. The van der Waals surface area contributed by atoms with E-state index in [9.17, 15) is 9.18 Å². The average Bonchev–Trinajstić information content (AvgIpc) is 3.14. The van der Waals surface area contributed by atoms with Gasteiger partial charge in [-0.1, -0.05) is 24.3 Å². The van der Waals surface area contributed by atoms with Gasteiger partial charge in [0, 0.05) is 6.54 Å². The van der Waals surface area contributed by atoms with Gasteiger partial charge in [-0.25, -0.2) is 14.1 Å². The Morgan fingerprint density at radius 3 is 2.64 bits per heavy atom. The smallest absolute Gasteiger partial charge is 0.255 e. The first kappa shape index (κ1) is 16.6. The highest BCUT2D eigenvalue weighted by Crippen LogP contribution is 2.19. The van der Waals surface area contributed by atoms with Crippen molar-refractivity contribution >= 4 is 5.91 Å². The topological polar surface area (TPSA) is 69.0 Å². The van der Waals surface area contributed by atoms with E-state index in [1.54, 1.807) is 11.0 Å². The van der Waals surface area contributed by atoms with Gasteiger partial charge < -0.3 is 10.1 Å². The summed E-state index contributed by atoms with van der Waals surface area (Å²) in [6.07, 6.45) is 3.14. The van der Waals surface area contributed by atoms with E-state index < -0.39 is 5.82 Å². The fraction of sp³-hybridized carbons (Fsp3) is 0.167. The maximum atomic E-state index is 13.4. The lowest BCUT2D eigenvalue weighted by atomic mass is 10.1. The lowest BCUT2D eigenvalue weighted by molar-refractivity contribution is 0.0947. The molecule has 1 N–H and O–H groups in total. The summed E-state index contributed by atoms with van der Waals surface area (Å²) in [4.78, 5) is 16.2. The quantitative estimate of drug-likeness (QED) is 0.748. The van der Waals surface area contributed by atoms with Crippen molar-refractivity contribution in [2.45, 2.75) is 13.1 Å². The number of halogens is 1. The Labute approximate surface area is 144 Å². The largest absolute Gasteiger partial charge is 0.496 e. The van der Waals surface area contributed by atoms with Crippen molar-refractivity contribution in [3.8, 4) is 5.75 Å². The first-order valence-corrected chi connectivity index (χ1v) is 7.67. The van der Waals surface area contributed by atoms with E-state index in [4.69, 9.17) is 4.74 Å². The van der Waals surface area contributed by atoms with Gasteiger partial charge in [0.1, 0.15) is 24.2 Å². The second-order valence-electron chi connectivity index (χ2n) is 5.44. The number of aromatic nitrogens is 3. The minimum atomic E-state index is -0.483. The molecule has 1 amide bonds. The van der Waals surface area contributed by atoms with Crippen LogP contribution in [0.15, 0.2) is 55.1 Å². The number of carbonyl (C=O) groups is 1. The molecule has 1 aromatic heterocycles. The molecule has 0 aliphatic rings. The second-order valence-corrected chi connectivity index (χ2v) is 5.44. The highest BCUT2D eigenvalue weighted by Gasteiger charge is 2.13. The van der Waals surface area contributed by atoms with Crippen molar-refractivity contribution in [3.05, 3.63) is 77.6 Å². The van der Waals surface area contributed by atoms with Crippen molar-refractivity contribution in [2.75, 3.05) is 7.11 Å². The SMILES string of the molecule is COc1ccc(F)cc1C(=O)NCc1ccc(Cn2cncn2)cc1. The standard InChI is InChI=1S/C18H17FN4O2/c1-25-17-7-6-15(19)8-16(17)18(24)21-9-13-2-4-14(5-3-13)10-23-12-20-11-22-23/h2-8,11-12H,9-10H2,1H3,(H,21,24). The minimum absolute atomic E-state index is 0.172. The number of methoxy groups -OCH3 is 1. The predicted molar refractivity (Wildman–Crippen MR) is 89.7 cm³/mol. The Balaban J connectivity index is 1.61. The Morgan fingerprint density at radius 2 is 1.96 bits per heavy atom. The van der Waals surface area contributed by atoms with Crippen LogP contribution in [-0.4, -0.2) is 27.8 Å². The lowest BCUT2D eigenvalue weighted by Crippen LogP contribution is -2.23. The summed E-state index contributed by atoms with van der Waals surface area (Å²) in [5.41, 5.74) is 2.18. The Kier molecular flexibility index (Phi) is 5.03. The second kappa shape index (κ2) is 7.57. The third-order valence-electron chi connectivity index (χ3n) is 3.69. The summed E-state index contributed by atoms with van der Waals surface area (Å²) >= 11 is 0. The number of nitrogens with zero attached hydrogens (tertiary/aromatic N) is 3. The van der Waals surface area contributed by atoms with E-state index in [1.165, 1.54) is 25.6 Å². The van der Waals surface area contributed by atoms with Crippen molar-refractivity contribution in [2.24, 2.45) is 0 Å². The maximum Gasteiger partial charge on any atom is 0.255 e. The van der Waals surface area contributed by atoms with E-state index >= 15 is 0 Å². The van der Waals surface area contributed by atoms with E-state index in [-0.39, 0.29) is 11.5 Å². The number of nitrogens with one attached hydrogen (secondary N) is 1. The van der Waals surface area contributed by atoms with Gasteiger partial charge in [0.05, 0.1) is 19.2 Å². The average molecular weight is 340 g/mol. The van der Waals surface area contributed by atoms with Crippen LogP contribution in [0.1, 0.15) is 21.5 Å². The van der Waals surface area contributed by atoms with Crippen LogP contribution in [0, 0.1) is 5.82 Å². The summed E-state index contributed by atoms with van der Waals surface area (Å²) in [5.74, 6) is -0.534. The van der Waals surface area contributed by atoms with Crippen molar-refractivity contribution in [3.63, 3.8) is 0 Å². The molecule has 0 atom stereocenters. The maximum absolute atomic E-state index is 13.4. The van der Waals surface area contributed by atoms with Gasteiger partial charge in [-0.15, -0.1) is 0 Å². The Morgan fingerprint density at radius 1 is 1.20 bits per heavy atom. The van der Waals surface area contributed by atoms with Gasteiger partial charge in [-0.05, 0) is 29.3 Å². The minimum Gasteiger partial charge on any atom is -0.496 e. The van der Waals surface area contributed by atoms with Crippen LogP contribution >= 0.6 is 0 Å². The number of amides is 1. The molecule has 7 heteroatoms. The van der Waals surface area contributed by atoms with Crippen LogP contribution in [0.25, 0.3) is 0 Å². The third-order valence-corrected chi connectivity index (χ3v) is 3.69. The van der Waals surface area contributed by atoms with Crippen LogP contribution in [0.3, 0.4) is 0 Å². The molecular formula is C18H17FN4O2. The monoisotopic (exact) mass is 340 g/mol. The first-order chi connectivity index (χ1) is 12.2. The summed E-state index contributed by atoms with van der Waals surface area (Å²) in [6, 6.07) is 11.6. The zero-order chi connectivity index (χ0) is 17.6. The van der Waals surface area contributed by atoms with Crippen molar-refractivity contribution < 1.29 is 13.9 Å². The predicted octanol–water partition coefficient (Wildman–Crippen LogP) is 2.40. The summed E-state index contributed by atoms with van der Waals surface area (Å²) in [5, 5.41) is 6.83. The molecule has 128 valence electrons. The first-order valence-electron chi connectivity index (χ1n) is 7.67. The zero-order valence-electron chi connectivity index (χ0n) is 13.6. The van der Waals surface area contributed by atoms with E-state index in [0.717, 1.165) is 17.2 Å². The highest BCUT2D eigenvalue weighted by atomic mass is 19.1. The van der Waals surface area contributed by atoms with Crippen molar-refractivity contribution in [1.29, 1.82) is 0 Å². The zero-order valence-corrected chi connectivity index (χ0v) is 13.6. The molecule has 25 heavy (non-hydrogen) atoms. The van der Waals surface area contributed by atoms with Crippen LogP contribution in [0.2, 0.25) is 0 Å². The Bertz CT molecular complexity index is 848. The molecule has 1 heterocycles. The number of benzene rings is 2. The van der Waals surface area contributed by atoms with Gasteiger partial charge in [0.15, 0.2) is 0 Å².